The summed E-state index contributed by atoms with van der Waals surface area (Å²) in [6.45, 7) is 16.7. The zero-order chi connectivity index (χ0) is 23.3. The Kier molecular flexibility index (Phi) is 5.20. The van der Waals surface area contributed by atoms with E-state index in [9.17, 15) is 9.90 Å². The van der Waals surface area contributed by atoms with Crippen molar-refractivity contribution in [1.29, 1.82) is 0 Å². The van der Waals surface area contributed by atoms with Crippen molar-refractivity contribution in [2.24, 2.45) is 57.2 Å². The Balaban J connectivity index is 1.56. The molecule has 0 unspecified atom stereocenters. The highest BCUT2D eigenvalue weighted by molar-refractivity contribution is 5.83. The molecule has 0 bridgehead atoms. The average molecular weight is 441 g/mol. The minimum atomic E-state index is -0.157. The third-order valence-corrected chi connectivity index (χ3v) is 12.9. The smallest absolute Gasteiger partial charge is 0.136 e. The minimum absolute atomic E-state index is 0.0159. The lowest BCUT2D eigenvalue weighted by Gasteiger charge is -2.68. The van der Waals surface area contributed by atoms with Gasteiger partial charge in [-0.05, 0) is 116 Å². The molecule has 2 heteroatoms. The average Bonchev–Trinajstić information content (AvgIpc) is 2.73. The first-order chi connectivity index (χ1) is 14.9. The molecule has 5 aliphatic rings. The number of Topliss-reactive ketones (excluding diaryl/α,β-unsaturated/α-hetero) is 1. The molecule has 0 heterocycles. The summed E-state index contributed by atoms with van der Waals surface area (Å²) in [6.07, 6.45) is 13.0. The quantitative estimate of drug-likeness (QED) is 0.438. The number of allylic oxidation sites excluding steroid dienone is 2. The molecule has 0 aromatic heterocycles. The predicted octanol–water partition coefficient (Wildman–Crippen LogP) is 7.20. The van der Waals surface area contributed by atoms with Crippen LogP contribution in [0.4, 0.5) is 0 Å². The molecule has 1 N–H and O–H groups in total. The number of fused-ring (bicyclic) bond motifs is 7. The molecule has 0 aliphatic heterocycles. The number of rotatable bonds is 1. The van der Waals surface area contributed by atoms with E-state index in [1.807, 2.05) is 6.92 Å². The molecule has 4 saturated carbocycles. The maximum absolute atomic E-state index is 13.1. The van der Waals surface area contributed by atoms with E-state index in [0.717, 1.165) is 19.3 Å². The molecule has 4 fully saturated rings. The van der Waals surface area contributed by atoms with Crippen molar-refractivity contribution in [3.05, 3.63) is 11.6 Å². The van der Waals surface area contributed by atoms with Gasteiger partial charge in [0.15, 0.2) is 0 Å². The van der Waals surface area contributed by atoms with Gasteiger partial charge in [-0.15, -0.1) is 0 Å². The molecule has 0 radical (unpaired) electrons. The van der Waals surface area contributed by atoms with Crippen LogP contribution in [0.25, 0.3) is 0 Å². The van der Waals surface area contributed by atoms with E-state index in [-0.39, 0.29) is 16.9 Å². The van der Waals surface area contributed by atoms with E-state index in [4.69, 9.17) is 0 Å². The van der Waals surface area contributed by atoms with Crippen molar-refractivity contribution >= 4 is 5.78 Å². The SMILES string of the molecule is CC(=O)[C@]12CC[C@@H](C)[C@H](C)[C@H]1C1=CC[C@H]3[C@@](C)(CC[C@H]4C(C)(C)[C@@H](O)CC[C@]34C)[C@@H]1CC2. The highest BCUT2D eigenvalue weighted by Crippen LogP contribution is 2.72. The van der Waals surface area contributed by atoms with Gasteiger partial charge in [0.1, 0.15) is 5.78 Å². The standard InChI is InChI=1S/C30H48O2/c1-18-10-16-30(20(3)31)17-11-22-21(26(30)19(18)2)8-9-24-28(22,6)14-12-23-27(4,5)25(32)13-15-29(23,24)7/h8,18-19,22-26,32H,9-17H2,1-7H3/t18-,19+,22-,23+,24+,25+,26+,28+,29+,30-/m1/s1. The number of hydrogen-bond donors (Lipinski definition) is 1. The van der Waals surface area contributed by atoms with Crippen LogP contribution < -0.4 is 0 Å². The second-order valence-corrected chi connectivity index (χ2v) is 14.1. The van der Waals surface area contributed by atoms with Crippen LogP contribution in [0.3, 0.4) is 0 Å². The molecule has 10 atom stereocenters. The summed E-state index contributed by atoms with van der Waals surface area (Å²) in [5.41, 5.74) is 2.29. The van der Waals surface area contributed by atoms with Gasteiger partial charge in [0.05, 0.1) is 6.10 Å². The van der Waals surface area contributed by atoms with Crippen LogP contribution in [0.5, 0.6) is 0 Å². The van der Waals surface area contributed by atoms with Crippen LogP contribution in [-0.2, 0) is 4.79 Å². The molecule has 5 rings (SSSR count). The number of aliphatic hydroxyl groups is 1. The fourth-order valence-corrected chi connectivity index (χ4v) is 10.8. The summed E-state index contributed by atoms with van der Waals surface area (Å²) in [7, 11) is 0. The van der Waals surface area contributed by atoms with Crippen molar-refractivity contribution in [2.75, 3.05) is 0 Å². The van der Waals surface area contributed by atoms with Crippen LogP contribution >= 0.6 is 0 Å². The fourth-order valence-electron chi connectivity index (χ4n) is 10.8. The summed E-state index contributed by atoms with van der Waals surface area (Å²) in [5.74, 6) is 4.22. The first kappa shape index (κ1) is 23.1. The summed E-state index contributed by atoms with van der Waals surface area (Å²) >= 11 is 0. The van der Waals surface area contributed by atoms with Crippen molar-refractivity contribution in [3.63, 3.8) is 0 Å². The van der Waals surface area contributed by atoms with Gasteiger partial charge in [0, 0.05) is 5.41 Å². The van der Waals surface area contributed by atoms with Crippen molar-refractivity contribution in [3.8, 4) is 0 Å². The van der Waals surface area contributed by atoms with Gasteiger partial charge < -0.3 is 5.11 Å². The Bertz CT molecular complexity index is 825. The first-order valence-electron chi connectivity index (χ1n) is 13.8. The van der Waals surface area contributed by atoms with Gasteiger partial charge in [0.2, 0.25) is 0 Å². The second-order valence-electron chi connectivity index (χ2n) is 14.1. The van der Waals surface area contributed by atoms with Crippen LogP contribution in [0.1, 0.15) is 106 Å². The van der Waals surface area contributed by atoms with Gasteiger partial charge in [-0.25, -0.2) is 0 Å². The summed E-state index contributed by atoms with van der Waals surface area (Å²) in [6, 6.07) is 0. The van der Waals surface area contributed by atoms with Gasteiger partial charge in [-0.3, -0.25) is 4.79 Å². The van der Waals surface area contributed by atoms with Crippen LogP contribution in [0, 0.1) is 57.2 Å². The molecule has 2 nitrogen and oxygen atoms in total. The molecule has 0 aromatic carbocycles. The van der Waals surface area contributed by atoms with E-state index in [0.29, 0.717) is 52.1 Å². The summed E-state index contributed by atoms with van der Waals surface area (Å²) < 4.78 is 0. The second kappa shape index (κ2) is 7.19. The first-order valence-corrected chi connectivity index (χ1v) is 13.8. The number of hydrogen-bond acceptors (Lipinski definition) is 2. The predicted molar refractivity (Wildman–Crippen MR) is 131 cm³/mol. The Hall–Kier alpha value is -0.630. The number of ketones is 1. The van der Waals surface area contributed by atoms with E-state index >= 15 is 0 Å². The molecule has 0 saturated heterocycles. The highest BCUT2D eigenvalue weighted by Gasteiger charge is 2.65. The largest absolute Gasteiger partial charge is 0.393 e. The third-order valence-electron chi connectivity index (χ3n) is 12.9. The van der Waals surface area contributed by atoms with Gasteiger partial charge in [-0.1, -0.05) is 53.2 Å². The van der Waals surface area contributed by atoms with Crippen molar-refractivity contribution in [1.82, 2.24) is 0 Å². The molecule has 0 aromatic rings. The highest BCUT2D eigenvalue weighted by atomic mass is 16.3. The van der Waals surface area contributed by atoms with E-state index in [1.165, 1.54) is 38.5 Å². The number of carbonyl (C=O) groups excluding carboxylic acids is 1. The third kappa shape index (κ3) is 2.77. The van der Waals surface area contributed by atoms with E-state index in [2.05, 4.69) is 47.6 Å². The van der Waals surface area contributed by atoms with Gasteiger partial charge >= 0.3 is 0 Å². The molecule has 0 amide bonds. The maximum Gasteiger partial charge on any atom is 0.136 e. The van der Waals surface area contributed by atoms with E-state index < -0.39 is 0 Å². The normalized spacial score (nSPS) is 54.4. The fraction of sp³-hybridized carbons (Fsp3) is 0.900. The Morgan fingerprint density at radius 1 is 0.906 bits per heavy atom. The van der Waals surface area contributed by atoms with Gasteiger partial charge in [-0.2, -0.15) is 0 Å². The zero-order valence-electron chi connectivity index (χ0n) is 21.8. The minimum Gasteiger partial charge on any atom is -0.393 e. The summed E-state index contributed by atoms with van der Waals surface area (Å²) in [5, 5.41) is 10.9. The maximum atomic E-state index is 13.1. The topological polar surface area (TPSA) is 37.3 Å². The van der Waals surface area contributed by atoms with Crippen molar-refractivity contribution in [2.45, 2.75) is 112 Å². The lowest BCUT2D eigenvalue weighted by molar-refractivity contribution is -0.187. The number of aliphatic hydroxyl groups excluding tert-OH is 1. The Morgan fingerprint density at radius 3 is 2.25 bits per heavy atom. The zero-order valence-corrected chi connectivity index (χ0v) is 21.8. The molecular weight excluding hydrogens is 392 g/mol. The Morgan fingerprint density at radius 2 is 1.56 bits per heavy atom. The van der Waals surface area contributed by atoms with Crippen LogP contribution in [0.15, 0.2) is 11.6 Å². The molecule has 32 heavy (non-hydrogen) atoms. The van der Waals surface area contributed by atoms with Crippen LogP contribution in [-0.4, -0.2) is 17.0 Å². The lowest BCUT2D eigenvalue weighted by Crippen LogP contribution is -2.62. The van der Waals surface area contributed by atoms with Gasteiger partial charge in [0.25, 0.3) is 0 Å². The Labute approximate surface area is 197 Å². The van der Waals surface area contributed by atoms with Crippen molar-refractivity contribution < 1.29 is 9.90 Å². The molecule has 5 aliphatic carbocycles. The number of carbonyl (C=O) groups is 1. The molecule has 0 spiro atoms. The molecular formula is C30H48O2. The monoisotopic (exact) mass is 440 g/mol. The lowest BCUT2D eigenvalue weighted by atomic mass is 9.36. The molecule has 180 valence electrons. The van der Waals surface area contributed by atoms with E-state index in [1.54, 1.807) is 5.57 Å². The summed E-state index contributed by atoms with van der Waals surface area (Å²) in [4.78, 5) is 13.1. The van der Waals surface area contributed by atoms with Crippen LogP contribution in [0.2, 0.25) is 0 Å².